The van der Waals surface area contributed by atoms with Crippen molar-refractivity contribution in [2.75, 3.05) is 50.1 Å². The Morgan fingerprint density at radius 1 is 0.951 bits per heavy atom. The number of hydrogen-bond acceptors (Lipinski definition) is 7. The van der Waals surface area contributed by atoms with E-state index >= 15 is 0 Å². The number of alkyl halides is 3. The van der Waals surface area contributed by atoms with Crippen LogP contribution in [0.25, 0.3) is 21.8 Å². The maximum atomic E-state index is 12.8. The Morgan fingerprint density at radius 2 is 1.68 bits per heavy atom. The molecular weight excluding hydrogens is 555 g/mol. The highest BCUT2D eigenvalue weighted by Gasteiger charge is 2.32. The molecule has 214 valence electrons. The number of halogens is 3. The normalized spacial score (nSPS) is 14.0. The number of thiazole rings is 1. The Morgan fingerprint density at radius 3 is 2.41 bits per heavy atom. The number of nitrogens with zero attached hydrogens (tertiary/aromatic N) is 3. The first kappa shape index (κ1) is 28.5. The second kappa shape index (κ2) is 13.1. The fourth-order valence-electron chi connectivity index (χ4n) is 4.20. The van der Waals surface area contributed by atoms with E-state index in [4.69, 9.17) is 14.5 Å². The number of amides is 2. The SMILES string of the molecule is O=C(Nc1ccc(-c2csc(-c3ccc(OCCCN4CCOCC4)cc3)n2)cc1)Nc1cccc(C(F)(F)F)n1. The van der Waals surface area contributed by atoms with Gasteiger partial charge >= 0.3 is 12.2 Å². The summed E-state index contributed by atoms with van der Waals surface area (Å²) < 4.78 is 49.8. The summed E-state index contributed by atoms with van der Waals surface area (Å²) in [6.45, 7) is 5.22. The van der Waals surface area contributed by atoms with Gasteiger partial charge in [0.05, 0.1) is 25.5 Å². The Hall–Kier alpha value is -4.00. The molecule has 2 amide bonds. The number of benzene rings is 2. The van der Waals surface area contributed by atoms with E-state index in [1.807, 2.05) is 41.8 Å². The van der Waals surface area contributed by atoms with Crippen LogP contribution in [0.1, 0.15) is 12.1 Å². The molecule has 0 unspecified atom stereocenters. The molecule has 12 heteroatoms. The van der Waals surface area contributed by atoms with E-state index in [9.17, 15) is 18.0 Å². The van der Waals surface area contributed by atoms with Crippen LogP contribution in [0.4, 0.5) is 29.5 Å². The van der Waals surface area contributed by atoms with Crippen molar-refractivity contribution in [1.82, 2.24) is 14.9 Å². The molecule has 2 N–H and O–H groups in total. The van der Waals surface area contributed by atoms with Gasteiger partial charge in [-0.3, -0.25) is 10.2 Å². The average molecular weight is 584 g/mol. The van der Waals surface area contributed by atoms with Gasteiger partial charge in [-0.05, 0) is 55.0 Å². The molecule has 0 spiro atoms. The van der Waals surface area contributed by atoms with Crippen LogP contribution >= 0.6 is 11.3 Å². The van der Waals surface area contributed by atoms with Gasteiger partial charge in [-0.25, -0.2) is 14.8 Å². The number of aromatic nitrogens is 2. The van der Waals surface area contributed by atoms with Gasteiger partial charge in [-0.2, -0.15) is 13.2 Å². The summed E-state index contributed by atoms with van der Waals surface area (Å²) in [5.74, 6) is 0.621. The van der Waals surface area contributed by atoms with Gasteiger partial charge in [-0.15, -0.1) is 11.3 Å². The van der Waals surface area contributed by atoms with Crippen LogP contribution in [-0.4, -0.2) is 60.4 Å². The number of urea groups is 1. The molecule has 2 aromatic heterocycles. The molecule has 0 aliphatic carbocycles. The quantitative estimate of drug-likeness (QED) is 0.215. The highest BCUT2D eigenvalue weighted by Crippen LogP contribution is 2.31. The second-order valence-electron chi connectivity index (χ2n) is 9.28. The molecule has 41 heavy (non-hydrogen) atoms. The number of anilines is 2. The molecule has 1 aliphatic rings. The van der Waals surface area contributed by atoms with Crippen LogP contribution in [0, 0.1) is 0 Å². The van der Waals surface area contributed by atoms with Crippen molar-refractivity contribution in [3.05, 3.63) is 77.8 Å². The predicted molar refractivity (Wildman–Crippen MR) is 152 cm³/mol. The molecule has 1 aliphatic heterocycles. The lowest BCUT2D eigenvalue weighted by atomic mass is 10.1. The molecule has 0 saturated carbocycles. The zero-order chi connectivity index (χ0) is 28.7. The minimum absolute atomic E-state index is 0.202. The number of morpholine rings is 1. The van der Waals surface area contributed by atoms with Crippen molar-refractivity contribution in [3.8, 4) is 27.6 Å². The molecular formula is C29H28F3N5O3S. The fourth-order valence-corrected chi connectivity index (χ4v) is 5.04. The number of pyridine rings is 1. The first-order valence-electron chi connectivity index (χ1n) is 13.0. The summed E-state index contributed by atoms with van der Waals surface area (Å²) in [7, 11) is 0. The molecule has 1 saturated heterocycles. The van der Waals surface area contributed by atoms with Crippen LogP contribution in [0.2, 0.25) is 0 Å². The van der Waals surface area contributed by atoms with Crippen LogP contribution in [0.3, 0.4) is 0 Å². The monoisotopic (exact) mass is 583 g/mol. The first-order chi connectivity index (χ1) is 19.8. The third kappa shape index (κ3) is 8.03. The zero-order valence-electron chi connectivity index (χ0n) is 22.0. The third-order valence-corrected chi connectivity index (χ3v) is 7.21. The number of rotatable bonds is 9. The topological polar surface area (TPSA) is 88.6 Å². The van der Waals surface area contributed by atoms with Crippen molar-refractivity contribution in [2.45, 2.75) is 12.6 Å². The molecule has 2 aromatic carbocycles. The summed E-state index contributed by atoms with van der Waals surface area (Å²) in [5, 5.41) is 7.73. The maximum Gasteiger partial charge on any atom is 0.433 e. The number of carbonyl (C=O) groups excluding carboxylic acids is 1. The molecule has 8 nitrogen and oxygen atoms in total. The molecule has 3 heterocycles. The second-order valence-corrected chi connectivity index (χ2v) is 10.1. The Kier molecular flexibility index (Phi) is 9.12. The van der Waals surface area contributed by atoms with Gasteiger partial charge in [0.25, 0.3) is 0 Å². The fraction of sp³-hybridized carbons (Fsp3) is 0.276. The van der Waals surface area contributed by atoms with Gasteiger partial charge < -0.3 is 14.8 Å². The number of hydrogen-bond donors (Lipinski definition) is 2. The van der Waals surface area contributed by atoms with E-state index in [1.54, 1.807) is 12.1 Å². The van der Waals surface area contributed by atoms with E-state index in [0.717, 1.165) is 72.9 Å². The number of ether oxygens (including phenoxy) is 2. The Balaban J connectivity index is 1.11. The van der Waals surface area contributed by atoms with Gasteiger partial charge in [0.15, 0.2) is 0 Å². The van der Waals surface area contributed by atoms with Gasteiger partial charge in [0, 0.05) is 41.8 Å². The lowest BCUT2D eigenvalue weighted by molar-refractivity contribution is -0.141. The molecule has 4 aromatic rings. The van der Waals surface area contributed by atoms with E-state index in [-0.39, 0.29) is 5.82 Å². The summed E-state index contributed by atoms with van der Waals surface area (Å²) in [6, 6.07) is 17.5. The van der Waals surface area contributed by atoms with E-state index in [2.05, 4.69) is 20.5 Å². The summed E-state index contributed by atoms with van der Waals surface area (Å²) in [6.07, 6.45) is -3.63. The lowest BCUT2D eigenvalue weighted by Gasteiger charge is -2.26. The molecule has 0 atom stereocenters. The van der Waals surface area contributed by atoms with Crippen molar-refractivity contribution >= 4 is 28.9 Å². The molecule has 5 rings (SSSR count). The minimum Gasteiger partial charge on any atom is -0.494 e. The highest BCUT2D eigenvalue weighted by molar-refractivity contribution is 7.13. The average Bonchev–Trinajstić information content (AvgIpc) is 3.47. The first-order valence-corrected chi connectivity index (χ1v) is 13.9. The van der Waals surface area contributed by atoms with Crippen LogP contribution in [0.15, 0.2) is 72.1 Å². The van der Waals surface area contributed by atoms with E-state index in [0.29, 0.717) is 12.3 Å². The van der Waals surface area contributed by atoms with Crippen LogP contribution < -0.4 is 15.4 Å². The van der Waals surface area contributed by atoms with Crippen LogP contribution in [0.5, 0.6) is 5.75 Å². The summed E-state index contributed by atoms with van der Waals surface area (Å²) >= 11 is 1.53. The number of carbonyl (C=O) groups is 1. The predicted octanol–water partition coefficient (Wildman–Crippen LogP) is 6.64. The molecule has 0 radical (unpaired) electrons. The maximum absolute atomic E-state index is 12.8. The standard InChI is InChI=1S/C29H28F3N5O3S/c30-29(31,32)25-3-1-4-26(35-25)36-28(38)33-22-9-5-20(6-10-22)24-19-41-27(34-24)21-7-11-23(12-8-21)40-16-2-13-37-14-17-39-18-15-37/h1,3-12,19H,2,13-18H2,(H2,33,35,36,38). The van der Waals surface area contributed by atoms with Gasteiger partial charge in [0.1, 0.15) is 22.3 Å². The highest BCUT2D eigenvalue weighted by atomic mass is 32.1. The van der Waals surface area contributed by atoms with Crippen molar-refractivity contribution in [1.29, 1.82) is 0 Å². The smallest absolute Gasteiger partial charge is 0.433 e. The molecule has 0 bridgehead atoms. The van der Waals surface area contributed by atoms with Crippen molar-refractivity contribution in [3.63, 3.8) is 0 Å². The minimum atomic E-state index is -4.60. The summed E-state index contributed by atoms with van der Waals surface area (Å²) in [4.78, 5) is 22.8. The molecule has 1 fully saturated rings. The number of nitrogens with one attached hydrogen (secondary N) is 2. The van der Waals surface area contributed by atoms with Gasteiger partial charge in [0.2, 0.25) is 0 Å². The lowest BCUT2D eigenvalue weighted by Crippen LogP contribution is -2.37. The Labute approximate surface area is 239 Å². The van der Waals surface area contributed by atoms with Gasteiger partial charge in [-0.1, -0.05) is 18.2 Å². The van der Waals surface area contributed by atoms with E-state index in [1.165, 1.54) is 23.5 Å². The Bertz CT molecular complexity index is 1440. The van der Waals surface area contributed by atoms with Crippen molar-refractivity contribution < 1.29 is 27.4 Å². The van der Waals surface area contributed by atoms with E-state index < -0.39 is 17.9 Å². The summed E-state index contributed by atoms with van der Waals surface area (Å²) in [5.41, 5.74) is 2.02. The largest absolute Gasteiger partial charge is 0.494 e. The van der Waals surface area contributed by atoms with Crippen LogP contribution in [-0.2, 0) is 10.9 Å². The van der Waals surface area contributed by atoms with Crippen molar-refractivity contribution in [2.24, 2.45) is 0 Å². The third-order valence-electron chi connectivity index (χ3n) is 6.32. The zero-order valence-corrected chi connectivity index (χ0v) is 22.8.